The molecule has 0 bridgehead atoms. The number of anilines is 1. The summed E-state index contributed by atoms with van der Waals surface area (Å²) in [4.78, 5) is 34.8. The first-order chi connectivity index (χ1) is 18.4. The number of amides is 3. The fraction of sp³-hybridized carbons (Fsp3) is 0.207. The lowest BCUT2D eigenvalue weighted by Crippen LogP contribution is -2.50. The third-order valence-corrected chi connectivity index (χ3v) is 5.67. The SMILES string of the molecule is NCC(=O)Nc1ccc(C#Cc2ccc(C(=O)N[C@@H](CN)C(=O)NO)cc2)cc1.c1ccc(C2CC2)cc1. The van der Waals surface area contributed by atoms with Crippen LogP contribution in [0.3, 0.4) is 0 Å². The van der Waals surface area contributed by atoms with Crippen LogP contribution in [0.25, 0.3) is 0 Å². The minimum absolute atomic E-state index is 0.0862. The Morgan fingerprint density at radius 2 is 1.45 bits per heavy atom. The molecule has 0 aliphatic heterocycles. The van der Waals surface area contributed by atoms with Crippen LogP contribution in [0.15, 0.2) is 78.9 Å². The van der Waals surface area contributed by atoms with Crippen molar-refractivity contribution in [1.82, 2.24) is 10.8 Å². The first-order valence-corrected chi connectivity index (χ1v) is 12.2. The summed E-state index contributed by atoms with van der Waals surface area (Å²) in [5.41, 5.74) is 16.0. The van der Waals surface area contributed by atoms with Crippen molar-refractivity contribution < 1.29 is 19.6 Å². The number of carbonyl (C=O) groups is 3. The molecule has 9 heteroatoms. The number of hydrogen-bond acceptors (Lipinski definition) is 6. The first-order valence-electron chi connectivity index (χ1n) is 12.2. The lowest BCUT2D eigenvalue weighted by Gasteiger charge is -2.14. The summed E-state index contributed by atoms with van der Waals surface area (Å²) in [7, 11) is 0. The molecule has 8 N–H and O–H groups in total. The van der Waals surface area contributed by atoms with Gasteiger partial charge in [0.15, 0.2) is 0 Å². The number of hydroxylamine groups is 1. The molecular weight excluding hydrogens is 482 g/mol. The molecule has 4 rings (SSSR count). The molecule has 9 nitrogen and oxygen atoms in total. The molecule has 0 unspecified atom stereocenters. The van der Waals surface area contributed by atoms with Gasteiger partial charge in [-0.15, -0.1) is 0 Å². The number of nitrogens with one attached hydrogen (secondary N) is 3. The Morgan fingerprint density at radius 3 is 1.95 bits per heavy atom. The van der Waals surface area contributed by atoms with E-state index in [1.807, 2.05) is 0 Å². The fourth-order valence-electron chi connectivity index (χ4n) is 3.39. The van der Waals surface area contributed by atoms with Gasteiger partial charge >= 0.3 is 0 Å². The molecule has 1 fully saturated rings. The molecule has 3 aromatic carbocycles. The predicted octanol–water partition coefficient (Wildman–Crippen LogP) is 2.11. The smallest absolute Gasteiger partial charge is 0.267 e. The van der Waals surface area contributed by atoms with Gasteiger partial charge in [0, 0.05) is 28.9 Å². The quantitative estimate of drug-likeness (QED) is 0.161. The van der Waals surface area contributed by atoms with Gasteiger partial charge in [0.25, 0.3) is 11.8 Å². The average Bonchev–Trinajstić information content (AvgIpc) is 3.82. The Morgan fingerprint density at radius 1 is 0.868 bits per heavy atom. The molecule has 0 aromatic heterocycles. The minimum atomic E-state index is -1.04. The second-order valence-corrected chi connectivity index (χ2v) is 8.58. The topological polar surface area (TPSA) is 160 Å². The van der Waals surface area contributed by atoms with Crippen molar-refractivity contribution in [3.8, 4) is 11.8 Å². The first kappa shape index (κ1) is 28.1. The van der Waals surface area contributed by atoms with Crippen LogP contribution in [0.1, 0.15) is 45.8 Å². The normalized spacial score (nSPS) is 12.5. The Labute approximate surface area is 221 Å². The van der Waals surface area contributed by atoms with Crippen molar-refractivity contribution in [1.29, 1.82) is 0 Å². The van der Waals surface area contributed by atoms with Gasteiger partial charge in [-0.1, -0.05) is 42.2 Å². The van der Waals surface area contributed by atoms with Gasteiger partial charge in [0.1, 0.15) is 6.04 Å². The fourth-order valence-corrected chi connectivity index (χ4v) is 3.39. The number of carbonyl (C=O) groups excluding carboxylic acids is 3. The lowest BCUT2D eigenvalue weighted by molar-refractivity contribution is -0.130. The Bertz CT molecular complexity index is 1280. The van der Waals surface area contributed by atoms with E-state index in [-0.39, 0.29) is 19.0 Å². The highest BCUT2D eigenvalue weighted by molar-refractivity contribution is 5.97. The summed E-state index contributed by atoms with van der Waals surface area (Å²) < 4.78 is 0. The number of rotatable bonds is 7. The van der Waals surface area contributed by atoms with Crippen LogP contribution in [0.4, 0.5) is 5.69 Å². The molecule has 3 aromatic rings. The highest BCUT2D eigenvalue weighted by atomic mass is 16.5. The second kappa shape index (κ2) is 14.3. The van der Waals surface area contributed by atoms with Crippen LogP contribution in [-0.4, -0.2) is 42.1 Å². The van der Waals surface area contributed by atoms with E-state index < -0.39 is 17.9 Å². The average molecular weight is 514 g/mol. The van der Waals surface area contributed by atoms with Crippen molar-refractivity contribution in [3.63, 3.8) is 0 Å². The molecule has 1 saturated carbocycles. The Balaban J connectivity index is 0.000000368. The molecule has 0 radical (unpaired) electrons. The highest BCUT2D eigenvalue weighted by Crippen LogP contribution is 2.39. The van der Waals surface area contributed by atoms with Crippen LogP contribution in [-0.2, 0) is 9.59 Å². The van der Waals surface area contributed by atoms with Gasteiger partial charge in [-0.25, -0.2) is 5.48 Å². The minimum Gasteiger partial charge on any atom is -0.339 e. The molecule has 1 atom stereocenters. The zero-order valence-electron chi connectivity index (χ0n) is 20.8. The van der Waals surface area contributed by atoms with E-state index in [0.29, 0.717) is 16.8 Å². The van der Waals surface area contributed by atoms with E-state index in [2.05, 4.69) is 52.8 Å². The standard InChI is InChI=1S/C20H21N5O4.C9H10/c21-11-17(20(28)25-29)24-19(27)15-7-3-13(4-8-15)1-2-14-5-9-16(10-6-14)23-18(26)12-22;1-2-4-8(5-3-1)9-6-7-9/h3-10,17,29H,11-12,21-22H2,(H,23,26)(H,24,27)(H,25,28);1-5,9H,6-7H2/t17-;/m0./s1. The summed E-state index contributed by atoms with van der Waals surface area (Å²) in [6.45, 7) is -0.243. The summed E-state index contributed by atoms with van der Waals surface area (Å²) in [5, 5.41) is 13.7. The van der Waals surface area contributed by atoms with E-state index in [1.54, 1.807) is 48.5 Å². The van der Waals surface area contributed by atoms with Gasteiger partial charge in [0.05, 0.1) is 6.54 Å². The molecule has 0 heterocycles. The van der Waals surface area contributed by atoms with Crippen molar-refractivity contribution >= 4 is 23.4 Å². The molecule has 3 amide bonds. The number of nitrogens with two attached hydrogens (primary N) is 2. The predicted molar refractivity (Wildman–Crippen MR) is 145 cm³/mol. The molecule has 38 heavy (non-hydrogen) atoms. The highest BCUT2D eigenvalue weighted by Gasteiger charge is 2.22. The second-order valence-electron chi connectivity index (χ2n) is 8.58. The van der Waals surface area contributed by atoms with Gasteiger partial charge < -0.3 is 22.1 Å². The molecular formula is C29H31N5O4. The van der Waals surface area contributed by atoms with Crippen molar-refractivity contribution in [2.75, 3.05) is 18.4 Å². The van der Waals surface area contributed by atoms with E-state index in [9.17, 15) is 14.4 Å². The van der Waals surface area contributed by atoms with Crippen LogP contribution in [0, 0.1) is 11.8 Å². The summed E-state index contributed by atoms with van der Waals surface area (Å²) >= 11 is 0. The van der Waals surface area contributed by atoms with Crippen LogP contribution < -0.4 is 27.6 Å². The largest absolute Gasteiger partial charge is 0.339 e. The maximum Gasteiger partial charge on any atom is 0.267 e. The number of benzene rings is 3. The van der Waals surface area contributed by atoms with Crippen molar-refractivity contribution in [2.24, 2.45) is 11.5 Å². The third-order valence-electron chi connectivity index (χ3n) is 5.67. The van der Waals surface area contributed by atoms with Gasteiger partial charge in [-0.3, -0.25) is 19.6 Å². The molecule has 0 spiro atoms. The van der Waals surface area contributed by atoms with Crippen molar-refractivity contribution in [2.45, 2.75) is 24.8 Å². The third kappa shape index (κ3) is 8.87. The maximum absolute atomic E-state index is 12.2. The molecule has 196 valence electrons. The molecule has 1 aliphatic rings. The maximum atomic E-state index is 12.2. The van der Waals surface area contributed by atoms with Crippen LogP contribution >= 0.6 is 0 Å². The lowest BCUT2D eigenvalue weighted by atomic mass is 10.1. The zero-order chi connectivity index (χ0) is 27.3. The van der Waals surface area contributed by atoms with Gasteiger partial charge in [0.2, 0.25) is 5.91 Å². The Hall–Kier alpha value is -4.49. The molecule has 1 aliphatic carbocycles. The molecule has 0 saturated heterocycles. The van der Waals surface area contributed by atoms with Crippen LogP contribution in [0.5, 0.6) is 0 Å². The number of hydrogen-bond donors (Lipinski definition) is 6. The Kier molecular flexibility index (Phi) is 10.6. The summed E-state index contributed by atoms with van der Waals surface area (Å²) in [5.74, 6) is 5.29. The van der Waals surface area contributed by atoms with Crippen LogP contribution in [0.2, 0.25) is 0 Å². The van der Waals surface area contributed by atoms with E-state index in [0.717, 1.165) is 11.5 Å². The van der Waals surface area contributed by atoms with E-state index >= 15 is 0 Å². The van der Waals surface area contributed by atoms with E-state index in [4.69, 9.17) is 16.7 Å². The zero-order valence-corrected chi connectivity index (χ0v) is 20.8. The van der Waals surface area contributed by atoms with Gasteiger partial charge in [-0.2, -0.15) is 0 Å². The monoisotopic (exact) mass is 513 g/mol. The summed E-state index contributed by atoms with van der Waals surface area (Å²) in [6.07, 6.45) is 2.81. The van der Waals surface area contributed by atoms with E-state index in [1.165, 1.54) is 23.9 Å². The van der Waals surface area contributed by atoms with Gasteiger partial charge in [-0.05, 0) is 72.9 Å². The van der Waals surface area contributed by atoms with Crippen molar-refractivity contribution in [3.05, 3.63) is 101 Å². The summed E-state index contributed by atoms with van der Waals surface area (Å²) in [6, 6.07) is 23.2.